The molecule has 0 aliphatic carbocycles. The summed E-state index contributed by atoms with van der Waals surface area (Å²) in [5.41, 5.74) is 0.915. The number of rotatable bonds is 5. The average Bonchev–Trinajstić information content (AvgIpc) is 2.52. The van der Waals surface area contributed by atoms with Crippen LogP contribution < -0.4 is 5.32 Å². The fraction of sp³-hybridized carbons (Fsp3) is 0.353. The number of pyridine rings is 1. The van der Waals surface area contributed by atoms with E-state index in [1.807, 2.05) is 45.0 Å². The Labute approximate surface area is 129 Å². The summed E-state index contributed by atoms with van der Waals surface area (Å²) in [4.78, 5) is 27.9. The van der Waals surface area contributed by atoms with Gasteiger partial charge in [-0.3, -0.25) is 4.79 Å². The summed E-state index contributed by atoms with van der Waals surface area (Å²) >= 11 is 0. The van der Waals surface area contributed by atoms with Crippen molar-refractivity contribution < 1.29 is 14.3 Å². The zero-order chi connectivity index (χ0) is 16.1. The first kappa shape index (κ1) is 15.9. The van der Waals surface area contributed by atoms with Gasteiger partial charge < -0.3 is 10.1 Å². The van der Waals surface area contributed by atoms with Gasteiger partial charge in [-0.2, -0.15) is 0 Å². The molecule has 0 unspecified atom stereocenters. The van der Waals surface area contributed by atoms with Gasteiger partial charge >= 0.3 is 5.97 Å². The fourth-order valence-electron chi connectivity index (χ4n) is 1.85. The number of fused-ring (bicyclic) bond motifs is 1. The molecule has 1 atom stereocenters. The lowest BCUT2D eigenvalue weighted by atomic mass is 10.1. The summed E-state index contributed by atoms with van der Waals surface area (Å²) in [6.45, 7) is 5.63. The van der Waals surface area contributed by atoms with Crippen LogP contribution in [0.25, 0.3) is 10.9 Å². The van der Waals surface area contributed by atoms with E-state index >= 15 is 0 Å². The highest BCUT2D eigenvalue weighted by atomic mass is 16.5. The number of carbonyl (C=O) groups is 2. The lowest BCUT2D eigenvalue weighted by Crippen LogP contribution is -2.38. The quantitative estimate of drug-likeness (QED) is 0.862. The molecule has 116 valence electrons. The molecule has 1 aromatic heterocycles. The Morgan fingerprint density at radius 2 is 1.86 bits per heavy atom. The Hall–Kier alpha value is -2.43. The van der Waals surface area contributed by atoms with E-state index in [1.54, 1.807) is 12.1 Å². The molecule has 5 heteroatoms. The first-order chi connectivity index (χ1) is 10.5. The van der Waals surface area contributed by atoms with Gasteiger partial charge in [0.15, 0.2) is 6.61 Å². The van der Waals surface area contributed by atoms with E-state index in [-0.39, 0.29) is 24.2 Å². The topological polar surface area (TPSA) is 68.3 Å². The second kappa shape index (κ2) is 7.02. The largest absolute Gasteiger partial charge is 0.451 e. The molecule has 0 radical (unpaired) electrons. The molecule has 0 aliphatic rings. The first-order valence-electron chi connectivity index (χ1n) is 7.29. The minimum Gasteiger partial charge on any atom is -0.451 e. The number of hydrogen-bond acceptors (Lipinski definition) is 4. The lowest BCUT2D eigenvalue weighted by molar-refractivity contribution is -0.125. The SMILES string of the molecule is CC(C)[C@@H](C)NC(=O)COC(=O)c1ccc2ccccc2n1. The number of hydrogen-bond donors (Lipinski definition) is 1. The van der Waals surface area contributed by atoms with Crippen molar-refractivity contribution in [1.82, 2.24) is 10.3 Å². The molecule has 0 saturated heterocycles. The van der Waals surface area contributed by atoms with E-state index in [9.17, 15) is 9.59 Å². The summed E-state index contributed by atoms with van der Waals surface area (Å²) in [5, 5.41) is 3.73. The maximum absolute atomic E-state index is 11.9. The van der Waals surface area contributed by atoms with Crippen LogP contribution in [0.5, 0.6) is 0 Å². The zero-order valence-corrected chi connectivity index (χ0v) is 13.0. The molecule has 1 aromatic carbocycles. The number of para-hydroxylation sites is 1. The minimum atomic E-state index is -0.599. The Morgan fingerprint density at radius 1 is 1.14 bits per heavy atom. The van der Waals surface area contributed by atoms with Crippen LogP contribution in [-0.2, 0) is 9.53 Å². The first-order valence-corrected chi connectivity index (χ1v) is 7.29. The van der Waals surface area contributed by atoms with Gasteiger partial charge in [0.2, 0.25) is 0 Å². The third-order valence-electron chi connectivity index (χ3n) is 3.53. The van der Waals surface area contributed by atoms with Crippen LogP contribution in [-0.4, -0.2) is 29.5 Å². The van der Waals surface area contributed by atoms with Gasteiger partial charge in [-0.15, -0.1) is 0 Å². The molecule has 1 N–H and O–H groups in total. The molecular formula is C17H20N2O3. The molecule has 0 fully saturated rings. The second-order valence-electron chi connectivity index (χ2n) is 5.57. The highest BCUT2D eigenvalue weighted by Crippen LogP contribution is 2.12. The maximum atomic E-state index is 11.9. The van der Waals surface area contributed by atoms with E-state index < -0.39 is 5.97 Å². The van der Waals surface area contributed by atoms with Gasteiger partial charge in [0, 0.05) is 11.4 Å². The summed E-state index contributed by atoms with van der Waals surface area (Å²) in [7, 11) is 0. The highest BCUT2D eigenvalue weighted by Gasteiger charge is 2.14. The molecule has 0 aliphatic heterocycles. The number of nitrogens with one attached hydrogen (secondary N) is 1. The number of ether oxygens (including phenoxy) is 1. The number of amides is 1. The van der Waals surface area contributed by atoms with Gasteiger partial charge in [0.1, 0.15) is 5.69 Å². The van der Waals surface area contributed by atoms with Crippen LogP contribution in [0.4, 0.5) is 0 Å². The Kier molecular flexibility index (Phi) is 5.09. The van der Waals surface area contributed by atoms with Gasteiger partial charge in [-0.05, 0) is 25.0 Å². The van der Waals surface area contributed by atoms with Crippen molar-refractivity contribution in [3.8, 4) is 0 Å². The molecule has 0 spiro atoms. The standard InChI is InChI=1S/C17H20N2O3/c1-11(2)12(3)18-16(20)10-22-17(21)15-9-8-13-6-4-5-7-14(13)19-15/h4-9,11-12H,10H2,1-3H3,(H,18,20)/t12-/m1/s1. The average molecular weight is 300 g/mol. The van der Waals surface area contributed by atoms with E-state index in [2.05, 4.69) is 10.3 Å². The third kappa shape index (κ3) is 4.04. The van der Waals surface area contributed by atoms with Crippen molar-refractivity contribution in [2.75, 3.05) is 6.61 Å². The summed E-state index contributed by atoms with van der Waals surface area (Å²) in [6, 6.07) is 10.9. The smallest absolute Gasteiger partial charge is 0.357 e. The molecule has 1 amide bonds. The van der Waals surface area contributed by atoms with Crippen molar-refractivity contribution >= 4 is 22.8 Å². The van der Waals surface area contributed by atoms with Crippen LogP contribution in [0.3, 0.4) is 0 Å². The third-order valence-corrected chi connectivity index (χ3v) is 3.53. The van der Waals surface area contributed by atoms with Crippen LogP contribution in [0, 0.1) is 5.92 Å². The maximum Gasteiger partial charge on any atom is 0.357 e. The molecule has 2 rings (SSSR count). The van der Waals surface area contributed by atoms with E-state index in [0.717, 1.165) is 10.9 Å². The lowest BCUT2D eigenvalue weighted by Gasteiger charge is -2.17. The second-order valence-corrected chi connectivity index (χ2v) is 5.57. The van der Waals surface area contributed by atoms with E-state index in [4.69, 9.17) is 4.74 Å². The van der Waals surface area contributed by atoms with Crippen molar-refractivity contribution in [1.29, 1.82) is 0 Å². The van der Waals surface area contributed by atoms with E-state index in [0.29, 0.717) is 5.92 Å². The van der Waals surface area contributed by atoms with E-state index in [1.165, 1.54) is 0 Å². The van der Waals surface area contributed by atoms with Crippen LogP contribution in [0.1, 0.15) is 31.3 Å². The van der Waals surface area contributed by atoms with Gasteiger partial charge in [0.25, 0.3) is 5.91 Å². The predicted molar refractivity (Wildman–Crippen MR) is 84.5 cm³/mol. The molecular weight excluding hydrogens is 280 g/mol. The monoisotopic (exact) mass is 300 g/mol. The molecule has 1 heterocycles. The van der Waals surface area contributed by atoms with Gasteiger partial charge in [-0.25, -0.2) is 9.78 Å². The van der Waals surface area contributed by atoms with Crippen LogP contribution in [0.2, 0.25) is 0 Å². The molecule has 5 nitrogen and oxygen atoms in total. The predicted octanol–water partition coefficient (Wildman–Crippen LogP) is 2.55. The number of nitrogens with zero attached hydrogens (tertiary/aromatic N) is 1. The Morgan fingerprint density at radius 3 is 2.59 bits per heavy atom. The molecule has 22 heavy (non-hydrogen) atoms. The molecule has 0 saturated carbocycles. The minimum absolute atomic E-state index is 0.0324. The Bertz CT molecular complexity index is 682. The van der Waals surface area contributed by atoms with Gasteiger partial charge in [-0.1, -0.05) is 38.1 Å². The fourth-order valence-corrected chi connectivity index (χ4v) is 1.85. The number of aromatic nitrogens is 1. The van der Waals surface area contributed by atoms with Crippen molar-refractivity contribution in [2.24, 2.45) is 5.92 Å². The van der Waals surface area contributed by atoms with Crippen molar-refractivity contribution in [3.05, 3.63) is 42.1 Å². The summed E-state index contributed by atoms with van der Waals surface area (Å²) in [5.74, 6) is -0.588. The summed E-state index contributed by atoms with van der Waals surface area (Å²) < 4.78 is 5.01. The number of esters is 1. The van der Waals surface area contributed by atoms with Crippen molar-refractivity contribution in [3.63, 3.8) is 0 Å². The normalized spacial score (nSPS) is 12.2. The van der Waals surface area contributed by atoms with Crippen LogP contribution >= 0.6 is 0 Å². The molecule has 0 bridgehead atoms. The number of benzene rings is 1. The van der Waals surface area contributed by atoms with Gasteiger partial charge in [0.05, 0.1) is 5.52 Å². The molecule has 2 aromatic rings. The summed E-state index contributed by atoms with van der Waals surface area (Å²) in [6.07, 6.45) is 0. The van der Waals surface area contributed by atoms with Crippen molar-refractivity contribution in [2.45, 2.75) is 26.8 Å². The zero-order valence-electron chi connectivity index (χ0n) is 13.0. The van der Waals surface area contributed by atoms with Crippen LogP contribution in [0.15, 0.2) is 36.4 Å². The number of carbonyl (C=O) groups excluding carboxylic acids is 2. The highest BCUT2D eigenvalue weighted by molar-refractivity contribution is 5.92. The Balaban J connectivity index is 1.95.